The Hall–Kier alpha value is -3.96. The molecule has 1 aliphatic heterocycles. The number of hydrogen-bond donors (Lipinski definition) is 2. The second-order valence-electron chi connectivity index (χ2n) is 6.89. The number of imide groups is 1. The molecule has 34 heavy (non-hydrogen) atoms. The van der Waals surface area contributed by atoms with E-state index in [1.165, 1.54) is 36.7 Å². The van der Waals surface area contributed by atoms with E-state index >= 15 is 0 Å². The number of nitrogens with one attached hydrogen (secondary N) is 2. The van der Waals surface area contributed by atoms with Crippen molar-refractivity contribution in [1.82, 2.24) is 9.97 Å². The van der Waals surface area contributed by atoms with Crippen LogP contribution >= 0.6 is 11.6 Å². The van der Waals surface area contributed by atoms with Crippen molar-refractivity contribution in [1.29, 1.82) is 0 Å². The third-order valence-electron chi connectivity index (χ3n) is 4.66. The van der Waals surface area contributed by atoms with E-state index in [2.05, 4.69) is 20.0 Å². The molecule has 1 aliphatic rings. The Kier molecular flexibility index (Phi) is 6.48. The molecule has 2 N–H and O–H groups in total. The van der Waals surface area contributed by atoms with Crippen molar-refractivity contribution in [3.63, 3.8) is 0 Å². The van der Waals surface area contributed by atoms with Crippen molar-refractivity contribution in [2.45, 2.75) is 11.8 Å². The second kappa shape index (κ2) is 9.49. The molecule has 0 fully saturated rings. The van der Waals surface area contributed by atoms with Crippen LogP contribution in [0.25, 0.3) is 0 Å². The zero-order valence-corrected chi connectivity index (χ0v) is 19.3. The minimum atomic E-state index is -3.92. The molecule has 174 valence electrons. The summed E-state index contributed by atoms with van der Waals surface area (Å²) >= 11 is 6.15. The number of nitrogens with zero attached hydrogens (tertiary/aromatic N) is 3. The molecule has 2 aromatic carbocycles. The molecule has 0 unspecified atom stereocenters. The summed E-state index contributed by atoms with van der Waals surface area (Å²) in [6.45, 7) is 2.33. The number of sulfonamides is 1. The van der Waals surface area contributed by atoms with E-state index in [0.29, 0.717) is 23.7 Å². The number of aromatic nitrogens is 2. The topological polar surface area (TPSA) is 131 Å². The summed E-state index contributed by atoms with van der Waals surface area (Å²) in [5, 5.41) is 2.52. The number of carbonyl (C=O) groups excluding carboxylic acids is 2. The number of amides is 2. The minimum Gasteiger partial charge on any atom is -0.494 e. The van der Waals surface area contributed by atoms with Gasteiger partial charge in [0.15, 0.2) is 0 Å². The Morgan fingerprint density at radius 3 is 2.24 bits per heavy atom. The molecular formula is C22H18ClN5O5S. The highest BCUT2D eigenvalue weighted by molar-refractivity contribution is 7.92. The van der Waals surface area contributed by atoms with Crippen LogP contribution in [0.15, 0.2) is 82.6 Å². The zero-order valence-electron chi connectivity index (χ0n) is 17.7. The van der Waals surface area contributed by atoms with Crippen LogP contribution in [0, 0.1) is 0 Å². The second-order valence-corrected chi connectivity index (χ2v) is 8.95. The number of rotatable bonds is 8. The number of anilines is 3. The Balaban J connectivity index is 1.50. The van der Waals surface area contributed by atoms with Gasteiger partial charge in [-0.05, 0) is 61.5 Å². The van der Waals surface area contributed by atoms with E-state index in [4.69, 9.17) is 16.3 Å². The molecule has 12 heteroatoms. The molecule has 1 aromatic heterocycles. The highest BCUT2D eigenvalue weighted by atomic mass is 35.5. The van der Waals surface area contributed by atoms with Gasteiger partial charge < -0.3 is 10.1 Å². The average Bonchev–Trinajstić information content (AvgIpc) is 3.04. The van der Waals surface area contributed by atoms with Gasteiger partial charge in [-0.2, -0.15) is 0 Å². The van der Waals surface area contributed by atoms with Gasteiger partial charge in [-0.25, -0.2) is 28.0 Å². The highest BCUT2D eigenvalue weighted by Crippen LogP contribution is 2.31. The molecule has 0 radical (unpaired) electrons. The van der Waals surface area contributed by atoms with Crippen LogP contribution in [-0.2, 0) is 19.6 Å². The van der Waals surface area contributed by atoms with Gasteiger partial charge in [0, 0.05) is 18.1 Å². The molecule has 0 atom stereocenters. The van der Waals surface area contributed by atoms with Crippen LogP contribution in [-0.4, -0.2) is 36.8 Å². The summed E-state index contributed by atoms with van der Waals surface area (Å²) in [7, 11) is -3.92. The maximum Gasteiger partial charge on any atom is 0.283 e. The maximum atomic E-state index is 12.9. The van der Waals surface area contributed by atoms with Crippen LogP contribution in [0.5, 0.6) is 5.75 Å². The molecule has 0 saturated heterocycles. The largest absolute Gasteiger partial charge is 0.494 e. The molecule has 0 saturated carbocycles. The van der Waals surface area contributed by atoms with E-state index < -0.39 is 21.8 Å². The molecule has 10 nitrogen and oxygen atoms in total. The van der Waals surface area contributed by atoms with Crippen LogP contribution in [0.3, 0.4) is 0 Å². The van der Waals surface area contributed by atoms with Gasteiger partial charge >= 0.3 is 0 Å². The van der Waals surface area contributed by atoms with Crippen LogP contribution < -0.4 is 19.7 Å². The Morgan fingerprint density at radius 1 is 0.971 bits per heavy atom. The van der Waals surface area contributed by atoms with Crippen molar-refractivity contribution in [3.8, 4) is 5.75 Å². The smallest absolute Gasteiger partial charge is 0.283 e. The fourth-order valence-electron chi connectivity index (χ4n) is 3.10. The number of hydrogen-bond acceptors (Lipinski definition) is 8. The molecule has 0 spiro atoms. The Bertz CT molecular complexity index is 1360. The summed E-state index contributed by atoms with van der Waals surface area (Å²) < 4.78 is 32.7. The lowest BCUT2D eigenvalue weighted by atomic mass is 10.2. The quantitative estimate of drug-likeness (QED) is 0.452. The van der Waals surface area contributed by atoms with Crippen molar-refractivity contribution in [2.24, 2.45) is 0 Å². The van der Waals surface area contributed by atoms with Crippen molar-refractivity contribution >= 4 is 50.8 Å². The van der Waals surface area contributed by atoms with Gasteiger partial charge in [0.05, 0.1) is 17.2 Å². The van der Waals surface area contributed by atoms with Crippen LogP contribution in [0.4, 0.5) is 17.3 Å². The number of carbonyl (C=O) groups is 2. The molecule has 0 aliphatic carbocycles. The lowest BCUT2D eigenvalue weighted by Gasteiger charge is -2.15. The zero-order chi connectivity index (χ0) is 24.3. The predicted octanol–water partition coefficient (Wildman–Crippen LogP) is 3.11. The molecule has 2 heterocycles. The van der Waals surface area contributed by atoms with Gasteiger partial charge in [0.1, 0.15) is 16.5 Å². The first-order valence-corrected chi connectivity index (χ1v) is 11.8. The number of halogens is 1. The summed E-state index contributed by atoms with van der Waals surface area (Å²) in [6.07, 6.45) is 2.82. The summed E-state index contributed by atoms with van der Waals surface area (Å²) in [4.78, 5) is 34.1. The van der Waals surface area contributed by atoms with Crippen molar-refractivity contribution in [3.05, 3.63) is 77.7 Å². The standard InChI is InChI=1S/C22H18ClN5O5S/c1-2-33-16-8-6-15(7-9-16)28-20(29)18(23)19(21(28)30)26-14-4-10-17(11-5-14)34(31,32)27-22-24-12-3-13-25-22/h3-13,26H,2H2,1H3,(H,24,25,27). The van der Waals surface area contributed by atoms with Gasteiger partial charge in [0.2, 0.25) is 5.95 Å². The molecule has 3 aromatic rings. The normalized spacial score (nSPS) is 13.9. The van der Waals surface area contributed by atoms with Gasteiger partial charge in [0.25, 0.3) is 21.8 Å². The number of ether oxygens (including phenoxy) is 1. The van der Waals surface area contributed by atoms with E-state index in [-0.39, 0.29) is 21.6 Å². The maximum absolute atomic E-state index is 12.9. The fourth-order valence-corrected chi connectivity index (χ4v) is 4.27. The fraction of sp³-hybridized carbons (Fsp3) is 0.0909. The predicted molar refractivity (Wildman–Crippen MR) is 126 cm³/mol. The first-order valence-electron chi connectivity index (χ1n) is 9.98. The van der Waals surface area contributed by atoms with E-state index in [0.717, 1.165) is 4.90 Å². The monoisotopic (exact) mass is 499 g/mol. The third-order valence-corrected chi connectivity index (χ3v) is 6.35. The third kappa shape index (κ3) is 4.70. The first-order chi connectivity index (χ1) is 16.3. The van der Waals surface area contributed by atoms with Gasteiger partial charge in [-0.15, -0.1) is 0 Å². The van der Waals surface area contributed by atoms with E-state index in [1.54, 1.807) is 30.3 Å². The summed E-state index contributed by atoms with van der Waals surface area (Å²) in [5.41, 5.74) is 0.578. The van der Waals surface area contributed by atoms with Crippen molar-refractivity contribution < 1.29 is 22.7 Å². The summed E-state index contributed by atoms with van der Waals surface area (Å²) in [5.74, 6) is -0.777. The Labute approximate surface area is 200 Å². The van der Waals surface area contributed by atoms with E-state index in [1.807, 2.05) is 6.92 Å². The minimum absolute atomic E-state index is 0.0459. The average molecular weight is 500 g/mol. The summed E-state index contributed by atoms with van der Waals surface area (Å²) in [6, 6.07) is 13.5. The van der Waals surface area contributed by atoms with Crippen molar-refractivity contribution in [2.75, 3.05) is 21.5 Å². The lowest BCUT2D eigenvalue weighted by Crippen LogP contribution is -2.32. The molecule has 4 rings (SSSR count). The van der Waals surface area contributed by atoms with Crippen LogP contribution in [0.1, 0.15) is 6.92 Å². The SMILES string of the molecule is CCOc1ccc(N2C(=O)C(Cl)=C(Nc3ccc(S(=O)(=O)Nc4ncccn4)cc3)C2=O)cc1. The van der Waals surface area contributed by atoms with Gasteiger partial charge in [-0.3, -0.25) is 9.59 Å². The highest BCUT2D eigenvalue weighted by Gasteiger charge is 2.39. The first kappa shape index (κ1) is 23.2. The number of benzene rings is 2. The van der Waals surface area contributed by atoms with Gasteiger partial charge in [-0.1, -0.05) is 11.6 Å². The Morgan fingerprint density at radius 2 is 1.62 bits per heavy atom. The van der Waals surface area contributed by atoms with E-state index in [9.17, 15) is 18.0 Å². The molecular weight excluding hydrogens is 482 g/mol. The molecule has 0 bridgehead atoms. The lowest BCUT2D eigenvalue weighted by molar-refractivity contribution is -0.120. The van der Waals surface area contributed by atoms with Crippen LogP contribution in [0.2, 0.25) is 0 Å². The molecule has 2 amide bonds.